The number of hydrogen-bond acceptors (Lipinski definition) is 7. The first-order chi connectivity index (χ1) is 19.9. The van der Waals surface area contributed by atoms with E-state index in [9.17, 15) is 19.2 Å². The van der Waals surface area contributed by atoms with Crippen molar-refractivity contribution >= 4 is 40.5 Å². The molecular formula is C32H43N5O5. The van der Waals surface area contributed by atoms with E-state index in [1.165, 1.54) is 5.01 Å². The molecule has 3 amide bonds. The highest BCUT2D eigenvalue weighted by Gasteiger charge is 2.34. The summed E-state index contributed by atoms with van der Waals surface area (Å²) in [7, 11) is 0. The van der Waals surface area contributed by atoms with Gasteiger partial charge in [-0.15, -0.1) is 0 Å². The van der Waals surface area contributed by atoms with Gasteiger partial charge < -0.3 is 15.4 Å². The normalized spacial score (nSPS) is 18.3. The SMILES string of the molecule is C=Cc1cc2cc(C(C)OC(=O)[C@@H]3CCCN(C(=O)[C@H](C)NC(=O)[C@@H](NC(=O)C(C)/C=C/C)C(C)C)N3)ccc2cn1. The van der Waals surface area contributed by atoms with Crippen molar-refractivity contribution in [1.82, 2.24) is 26.1 Å². The van der Waals surface area contributed by atoms with Gasteiger partial charge in [0.25, 0.3) is 5.91 Å². The Morgan fingerprint density at radius 2 is 1.81 bits per heavy atom. The molecule has 1 fully saturated rings. The molecule has 1 saturated heterocycles. The number of fused-ring (bicyclic) bond motifs is 1. The van der Waals surface area contributed by atoms with Crippen LogP contribution in [0, 0.1) is 11.8 Å². The van der Waals surface area contributed by atoms with Crippen LogP contribution in [0.25, 0.3) is 16.8 Å². The van der Waals surface area contributed by atoms with Gasteiger partial charge in [-0.05, 0) is 68.7 Å². The molecule has 10 nitrogen and oxygen atoms in total. The number of esters is 1. The van der Waals surface area contributed by atoms with Crippen molar-refractivity contribution in [3.63, 3.8) is 0 Å². The Bertz CT molecular complexity index is 1340. The lowest BCUT2D eigenvalue weighted by Crippen LogP contribution is -2.61. The Balaban J connectivity index is 1.59. The highest BCUT2D eigenvalue weighted by molar-refractivity contribution is 5.93. The second-order valence-electron chi connectivity index (χ2n) is 11.1. The number of hydrazine groups is 1. The predicted molar refractivity (Wildman–Crippen MR) is 163 cm³/mol. The van der Waals surface area contributed by atoms with Crippen molar-refractivity contribution in [2.45, 2.75) is 78.6 Å². The topological polar surface area (TPSA) is 130 Å². The summed E-state index contributed by atoms with van der Waals surface area (Å²) in [5, 5.41) is 8.81. The van der Waals surface area contributed by atoms with Gasteiger partial charge in [-0.1, -0.05) is 51.6 Å². The smallest absolute Gasteiger partial charge is 0.325 e. The van der Waals surface area contributed by atoms with Crippen LogP contribution < -0.4 is 16.1 Å². The summed E-state index contributed by atoms with van der Waals surface area (Å²) in [5.41, 5.74) is 4.58. The highest BCUT2D eigenvalue weighted by Crippen LogP contribution is 2.24. The molecule has 2 unspecified atom stereocenters. The van der Waals surface area contributed by atoms with Crippen molar-refractivity contribution in [2.75, 3.05) is 6.54 Å². The number of carbonyl (C=O) groups excluding carboxylic acids is 4. The predicted octanol–water partition coefficient (Wildman–Crippen LogP) is 3.84. The zero-order valence-corrected chi connectivity index (χ0v) is 25.3. The molecule has 5 atom stereocenters. The number of nitrogens with one attached hydrogen (secondary N) is 3. The number of aromatic nitrogens is 1. The molecule has 1 aromatic carbocycles. The number of hydrogen-bond donors (Lipinski definition) is 3. The average molecular weight is 578 g/mol. The van der Waals surface area contributed by atoms with E-state index >= 15 is 0 Å². The Morgan fingerprint density at radius 1 is 1.07 bits per heavy atom. The van der Waals surface area contributed by atoms with E-state index in [-0.39, 0.29) is 23.7 Å². The molecule has 0 radical (unpaired) electrons. The van der Waals surface area contributed by atoms with E-state index in [1.807, 2.05) is 45.0 Å². The molecule has 0 aliphatic carbocycles. The van der Waals surface area contributed by atoms with E-state index in [0.29, 0.717) is 19.4 Å². The zero-order valence-electron chi connectivity index (χ0n) is 25.3. The van der Waals surface area contributed by atoms with Crippen molar-refractivity contribution in [1.29, 1.82) is 0 Å². The number of benzene rings is 1. The Morgan fingerprint density at radius 3 is 2.48 bits per heavy atom. The van der Waals surface area contributed by atoms with E-state index in [0.717, 1.165) is 22.0 Å². The third-order valence-electron chi connectivity index (χ3n) is 7.35. The summed E-state index contributed by atoms with van der Waals surface area (Å²) in [5.74, 6) is -2.13. The minimum absolute atomic E-state index is 0.188. The van der Waals surface area contributed by atoms with Crippen LogP contribution in [0.2, 0.25) is 0 Å². The van der Waals surface area contributed by atoms with E-state index in [4.69, 9.17) is 4.74 Å². The second-order valence-corrected chi connectivity index (χ2v) is 11.1. The van der Waals surface area contributed by atoms with Gasteiger partial charge in [0.1, 0.15) is 24.2 Å². The van der Waals surface area contributed by atoms with Gasteiger partial charge in [0, 0.05) is 18.1 Å². The van der Waals surface area contributed by atoms with Crippen LogP contribution in [0.3, 0.4) is 0 Å². The van der Waals surface area contributed by atoms with Crippen LogP contribution in [-0.4, -0.2) is 58.4 Å². The van der Waals surface area contributed by atoms with Crippen LogP contribution in [0.1, 0.15) is 71.7 Å². The maximum Gasteiger partial charge on any atom is 0.325 e. The van der Waals surface area contributed by atoms with Crippen LogP contribution in [0.5, 0.6) is 0 Å². The maximum atomic E-state index is 13.2. The molecule has 0 saturated carbocycles. The quantitative estimate of drug-likeness (QED) is 0.273. The molecule has 1 aromatic heterocycles. The molecular weight excluding hydrogens is 534 g/mol. The molecule has 1 aliphatic heterocycles. The first-order valence-corrected chi connectivity index (χ1v) is 14.5. The number of ether oxygens (including phenoxy) is 1. The summed E-state index contributed by atoms with van der Waals surface area (Å²) in [6.07, 6.45) is 7.58. The summed E-state index contributed by atoms with van der Waals surface area (Å²) in [6, 6.07) is 5.34. The number of carbonyl (C=O) groups is 4. The molecule has 42 heavy (non-hydrogen) atoms. The highest BCUT2D eigenvalue weighted by atomic mass is 16.5. The summed E-state index contributed by atoms with van der Waals surface area (Å²) < 4.78 is 5.78. The molecule has 2 aromatic rings. The summed E-state index contributed by atoms with van der Waals surface area (Å²) >= 11 is 0. The molecule has 1 aliphatic rings. The van der Waals surface area contributed by atoms with Gasteiger partial charge in [-0.3, -0.25) is 29.2 Å². The lowest BCUT2D eigenvalue weighted by Gasteiger charge is -2.35. The number of rotatable bonds is 11. The van der Waals surface area contributed by atoms with Crippen molar-refractivity contribution in [3.8, 4) is 0 Å². The fourth-order valence-electron chi connectivity index (χ4n) is 4.77. The van der Waals surface area contributed by atoms with E-state index in [2.05, 4.69) is 27.6 Å². The number of pyridine rings is 1. The fourth-order valence-corrected chi connectivity index (χ4v) is 4.77. The number of nitrogens with zero attached hydrogens (tertiary/aromatic N) is 2. The second kappa shape index (κ2) is 14.7. The first-order valence-electron chi connectivity index (χ1n) is 14.5. The van der Waals surface area contributed by atoms with Crippen molar-refractivity contribution in [3.05, 3.63) is 60.5 Å². The number of amides is 3. The van der Waals surface area contributed by atoms with Crippen LogP contribution in [0.4, 0.5) is 0 Å². The van der Waals surface area contributed by atoms with Gasteiger partial charge in [-0.25, -0.2) is 5.43 Å². The minimum Gasteiger partial charge on any atom is -0.457 e. The molecule has 0 spiro atoms. The van der Waals surface area contributed by atoms with Crippen molar-refractivity contribution in [2.24, 2.45) is 11.8 Å². The van der Waals surface area contributed by atoms with Gasteiger partial charge in [0.2, 0.25) is 11.8 Å². The Labute approximate surface area is 247 Å². The average Bonchev–Trinajstić information content (AvgIpc) is 2.98. The summed E-state index contributed by atoms with van der Waals surface area (Å²) in [4.78, 5) is 56.1. The largest absolute Gasteiger partial charge is 0.457 e. The van der Waals surface area contributed by atoms with Crippen LogP contribution >= 0.6 is 0 Å². The van der Waals surface area contributed by atoms with Crippen molar-refractivity contribution < 1.29 is 23.9 Å². The number of allylic oxidation sites excluding steroid dienone is 1. The molecule has 3 N–H and O–H groups in total. The molecule has 3 rings (SSSR count). The lowest BCUT2D eigenvalue weighted by atomic mass is 10.0. The fraction of sp³-hybridized carbons (Fsp3) is 0.469. The molecule has 10 heteroatoms. The van der Waals surface area contributed by atoms with Gasteiger partial charge >= 0.3 is 5.97 Å². The molecule has 226 valence electrons. The standard InChI is InChI=1S/C32H43N5O5/c1-8-11-20(5)29(38)35-28(19(3)4)30(39)34-21(6)31(40)37-15-10-12-27(36-37)32(41)42-22(7)23-13-14-24-18-33-26(9-2)17-25(24)16-23/h8-9,11,13-14,16-22,27-28,36H,2,10,12,15H2,1,3-7H3,(H,34,39)(H,35,38)/b11-8+/t20?,21-,22?,27-,28-/m0/s1. The van der Waals surface area contributed by atoms with Gasteiger partial charge in [0.15, 0.2) is 0 Å². The van der Waals surface area contributed by atoms with Crippen LogP contribution in [0.15, 0.2) is 49.2 Å². The van der Waals surface area contributed by atoms with E-state index in [1.54, 1.807) is 45.2 Å². The van der Waals surface area contributed by atoms with Crippen LogP contribution in [-0.2, 0) is 23.9 Å². The Hall–Kier alpha value is -4.05. The zero-order chi connectivity index (χ0) is 31.0. The first kappa shape index (κ1) is 32.5. The third-order valence-corrected chi connectivity index (χ3v) is 7.35. The van der Waals surface area contributed by atoms with E-state index < -0.39 is 36.1 Å². The monoisotopic (exact) mass is 577 g/mol. The lowest BCUT2D eigenvalue weighted by molar-refractivity contribution is -0.157. The Kier molecular flexibility index (Phi) is 11.4. The molecule has 2 heterocycles. The third kappa shape index (κ3) is 8.25. The maximum absolute atomic E-state index is 13.2. The summed E-state index contributed by atoms with van der Waals surface area (Å²) in [6.45, 7) is 14.8. The van der Waals surface area contributed by atoms with Gasteiger partial charge in [0.05, 0.1) is 11.6 Å². The van der Waals surface area contributed by atoms with Gasteiger partial charge in [-0.2, -0.15) is 0 Å². The minimum atomic E-state index is -0.877. The molecule has 0 bridgehead atoms.